The third-order valence-electron chi connectivity index (χ3n) is 3.11. The van der Waals surface area contributed by atoms with E-state index in [0.717, 1.165) is 10.4 Å². The first-order valence-corrected chi connectivity index (χ1v) is 7.64. The fourth-order valence-corrected chi connectivity index (χ4v) is 2.69. The molecule has 5 nitrogen and oxygen atoms in total. The van der Waals surface area contributed by atoms with E-state index in [2.05, 4.69) is 15.6 Å². The van der Waals surface area contributed by atoms with Crippen LogP contribution >= 0.6 is 11.3 Å². The van der Waals surface area contributed by atoms with Crippen molar-refractivity contribution in [2.45, 2.75) is 32.4 Å². The van der Waals surface area contributed by atoms with Crippen LogP contribution in [-0.4, -0.2) is 22.2 Å². The molecule has 2 unspecified atom stereocenters. The highest BCUT2D eigenvalue weighted by atomic mass is 32.1. The Morgan fingerprint density at radius 1 is 1.48 bits per heavy atom. The molecule has 0 spiro atoms. The first-order chi connectivity index (χ1) is 10.1. The molecule has 0 aromatic carbocycles. The van der Waals surface area contributed by atoms with Crippen LogP contribution in [0.4, 0.5) is 10.5 Å². The SMILES string of the molecule is Cc1ccncc1NC(=O)NC(C)CC(O)c1cccs1. The Balaban J connectivity index is 1.83. The summed E-state index contributed by atoms with van der Waals surface area (Å²) in [6.07, 6.45) is 3.21. The zero-order chi connectivity index (χ0) is 15.2. The maximum Gasteiger partial charge on any atom is 0.319 e. The molecule has 6 heteroatoms. The predicted molar refractivity (Wildman–Crippen MR) is 84.5 cm³/mol. The summed E-state index contributed by atoms with van der Waals surface area (Å²) in [5.74, 6) is 0. The Bertz CT molecular complexity index is 586. The van der Waals surface area contributed by atoms with E-state index in [0.29, 0.717) is 12.1 Å². The number of rotatable bonds is 5. The second kappa shape index (κ2) is 7.19. The van der Waals surface area contributed by atoms with E-state index in [4.69, 9.17) is 0 Å². The zero-order valence-corrected chi connectivity index (χ0v) is 12.9. The van der Waals surface area contributed by atoms with Gasteiger partial charge in [-0.05, 0) is 43.3 Å². The number of hydrogen-bond acceptors (Lipinski definition) is 4. The molecule has 3 N–H and O–H groups in total. The van der Waals surface area contributed by atoms with Crippen molar-refractivity contribution in [1.29, 1.82) is 0 Å². The molecule has 0 saturated carbocycles. The molecule has 2 atom stereocenters. The van der Waals surface area contributed by atoms with Crippen molar-refractivity contribution in [3.05, 3.63) is 46.4 Å². The van der Waals surface area contributed by atoms with Crippen molar-refractivity contribution in [3.8, 4) is 0 Å². The van der Waals surface area contributed by atoms with E-state index in [1.165, 1.54) is 11.3 Å². The van der Waals surface area contributed by atoms with Gasteiger partial charge in [0.15, 0.2) is 0 Å². The number of nitrogens with zero attached hydrogens (tertiary/aromatic N) is 1. The highest BCUT2D eigenvalue weighted by Crippen LogP contribution is 2.22. The standard InChI is InChI=1S/C15H19N3O2S/c1-10-5-6-16-9-12(10)18-15(20)17-11(2)8-13(19)14-4-3-7-21-14/h3-7,9,11,13,19H,8H2,1-2H3,(H2,17,18,20). The summed E-state index contributed by atoms with van der Waals surface area (Å²) in [5, 5.41) is 17.6. The van der Waals surface area contributed by atoms with E-state index in [1.807, 2.05) is 37.4 Å². The van der Waals surface area contributed by atoms with Gasteiger partial charge in [-0.15, -0.1) is 11.3 Å². The number of anilines is 1. The van der Waals surface area contributed by atoms with E-state index in [-0.39, 0.29) is 12.1 Å². The van der Waals surface area contributed by atoms with E-state index >= 15 is 0 Å². The maximum atomic E-state index is 11.9. The van der Waals surface area contributed by atoms with Crippen molar-refractivity contribution in [1.82, 2.24) is 10.3 Å². The number of urea groups is 1. The monoisotopic (exact) mass is 305 g/mol. The molecule has 0 aliphatic rings. The topological polar surface area (TPSA) is 74.2 Å². The van der Waals surface area contributed by atoms with Crippen LogP contribution in [0.2, 0.25) is 0 Å². The summed E-state index contributed by atoms with van der Waals surface area (Å²) in [5.41, 5.74) is 1.63. The number of nitrogens with one attached hydrogen (secondary N) is 2. The first kappa shape index (κ1) is 15.5. The number of aryl methyl sites for hydroxylation is 1. The highest BCUT2D eigenvalue weighted by Gasteiger charge is 2.15. The first-order valence-electron chi connectivity index (χ1n) is 6.76. The normalized spacial score (nSPS) is 13.5. The van der Waals surface area contributed by atoms with Gasteiger partial charge in [-0.3, -0.25) is 4.98 Å². The lowest BCUT2D eigenvalue weighted by atomic mass is 10.1. The van der Waals surface area contributed by atoms with Crippen LogP contribution in [0.1, 0.15) is 29.9 Å². The number of aliphatic hydroxyl groups is 1. The lowest BCUT2D eigenvalue weighted by Crippen LogP contribution is -2.37. The number of thiophene rings is 1. The van der Waals surface area contributed by atoms with Gasteiger partial charge in [-0.25, -0.2) is 4.79 Å². The summed E-state index contributed by atoms with van der Waals surface area (Å²) < 4.78 is 0. The van der Waals surface area contributed by atoms with Crippen LogP contribution in [-0.2, 0) is 0 Å². The molecule has 112 valence electrons. The molecule has 2 aromatic rings. The fourth-order valence-electron chi connectivity index (χ4n) is 1.97. The molecule has 0 radical (unpaired) electrons. The van der Waals surface area contributed by atoms with Crippen LogP contribution in [0.25, 0.3) is 0 Å². The number of amides is 2. The summed E-state index contributed by atoms with van der Waals surface area (Å²) in [7, 11) is 0. The average Bonchev–Trinajstić information content (AvgIpc) is 2.95. The van der Waals surface area contributed by atoms with Crippen LogP contribution in [0.15, 0.2) is 36.0 Å². The minimum atomic E-state index is -0.555. The molecule has 0 saturated heterocycles. The van der Waals surface area contributed by atoms with Gasteiger partial charge < -0.3 is 15.7 Å². The Hall–Kier alpha value is -1.92. The smallest absolute Gasteiger partial charge is 0.319 e. The third-order valence-corrected chi connectivity index (χ3v) is 4.09. The summed E-state index contributed by atoms with van der Waals surface area (Å²) >= 11 is 1.51. The van der Waals surface area contributed by atoms with Crippen molar-refractivity contribution in [2.75, 3.05) is 5.32 Å². The maximum absolute atomic E-state index is 11.9. The van der Waals surface area contributed by atoms with Gasteiger partial charge in [-0.1, -0.05) is 6.07 Å². The van der Waals surface area contributed by atoms with Gasteiger partial charge in [0.25, 0.3) is 0 Å². The summed E-state index contributed by atoms with van der Waals surface area (Å²) in [4.78, 5) is 16.8. The van der Waals surface area contributed by atoms with Gasteiger partial charge >= 0.3 is 6.03 Å². The quantitative estimate of drug-likeness (QED) is 0.794. The lowest BCUT2D eigenvalue weighted by Gasteiger charge is -2.18. The summed E-state index contributed by atoms with van der Waals surface area (Å²) in [6.45, 7) is 3.77. The molecule has 2 heterocycles. The van der Waals surface area contributed by atoms with Crippen LogP contribution in [0.5, 0.6) is 0 Å². The molecule has 2 aromatic heterocycles. The van der Waals surface area contributed by atoms with E-state index < -0.39 is 6.10 Å². The van der Waals surface area contributed by atoms with Gasteiger partial charge in [0, 0.05) is 17.1 Å². The van der Waals surface area contributed by atoms with E-state index in [1.54, 1.807) is 12.4 Å². The largest absolute Gasteiger partial charge is 0.387 e. The van der Waals surface area contributed by atoms with Crippen molar-refractivity contribution in [3.63, 3.8) is 0 Å². The highest BCUT2D eigenvalue weighted by molar-refractivity contribution is 7.10. The van der Waals surface area contributed by atoms with Crippen LogP contribution in [0.3, 0.4) is 0 Å². The average molecular weight is 305 g/mol. The minimum Gasteiger partial charge on any atom is -0.387 e. The molecular formula is C15H19N3O2S. The fraction of sp³-hybridized carbons (Fsp3) is 0.333. The number of pyridine rings is 1. The van der Waals surface area contributed by atoms with Gasteiger partial charge in [-0.2, -0.15) is 0 Å². The molecular weight excluding hydrogens is 286 g/mol. The van der Waals surface area contributed by atoms with Crippen LogP contribution < -0.4 is 10.6 Å². The van der Waals surface area contributed by atoms with Crippen molar-refractivity contribution < 1.29 is 9.90 Å². The zero-order valence-electron chi connectivity index (χ0n) is 12.0. The molecule has 0 bridgehead atoms. The van der Waals surface area contributed by atoms with E-state index in [9.17, 15) is 9.90 Å². The van der Waals surface area contributed by atoms with Crippen molar-refractivity contribution >= 4 is 23.1 Å². The van der Waals surface area contributed by atoms with Gasteiger partial charge in [0.1, 0.15) is 0 Å². The molecule has 2 amide bonds. The molecule has 0 aliphatic heterocycles. The lowest BCUT2D eigenvalue weighted by molar-refractivity contribution is 0.158. The van der Waals surface area contributed by atoms with Gasteiger partial charge in [0.05, 0.1) is 18.0 Å². The Labute approximate surface area is 128 Å². The summed E-state index contributed by atoms with van der Waals surface area (Å²) in [6, 6.07) is 5.19. The van der Waals surface area contributed by atoms with Crippen LogP contribution in [0, 0.1) is 6.92 Å². The number of aliphatic hydroxyl groups excluding tert-OH is 1. The Morgan fingerprint density at radius 3 is 2.95 bits per heavy atom. The minimum absolute atomic E-state index is 0.140. The number of aromatic nitrogens is 1. The number of hydrogen-bond donors (Lipinski definition) is 3. The molecule has 0 aliphatic carbocycles. The molecule has 2 rings (SSSR count). The third kappa shape index (κ3) is 4.54. The molecule has 21 heavy (non-hydrogen) atoms. The Kier molecular flexibility index (Phi) is 5.30. The number of carbonyl (C=O) groups excluding carboxylic acids is 1. The molecule has 0 fully saturated rings. The number of carbonyl (C=O) groups is 1. The second-order valence-electron chi connectivity index (χ2n) is 4.96. The Morgan fingerprint density at radius 2 is 2.29 bits per heavy atom. The van der Waals surface area contributed by atoms with Crippen molar-refractivity contribution in [2.24, 2.45) is 0 Å². The van der Waals surface area contributed by atoms with Gasteiger partial charge in [0.2, 0.25) is 0 Å². The second-order valence-corrected chi connectivity index (χ2v) is 5.94. The predicted octanol–water partition coefficient (Wildman–Crippen LogP) is 3.09.